The van der Waals surface area contributed by atoms with E-state index in [0.717, 1.165) is 19.6 Å². The molecule has 1 saturated heterocycles. The zero-order valence-corrected chi connectivity index (χ0v) is 9.57. The molecule has 1 heterocycles. The molecule has 1 amide bonds. The number of rotatable bonds is 4. The summed E-state index contributed by atoms with van der Waals surface area (Å²) in [6.45, 7) is 3.04. The first-order valence-electron chi connectivity index (χ1n) is 5.43. The molecule has 0 bridgehead atoms. The largest absolute Gasteiger partial charge is 0.345 e. The molecule has 15 heavy (non-hydrogen) atoms. The molecule has 4 nitrogen and oxygen atoms in total. The zero-order chi connectivity index (χ0) is 11.3. The van der Waals surface area contributed by atoms with Gasteiger partial charge in [0.05, 0.1) is 6.07 Å². The molecule has 1 atom stereocenters. The maximum atomic E-state index is 11.5. The molecule has 1 aliphatic heterocycles. The van der Waals surface area contributed by atoms with Crippen molar-refractivity contribution in [3.63, 3.8) is 0 Å². The zero-order valence-electron chi connectivity index (χ0n) is 9.57. The molecular formula is C11H19N3O. The van der Waals surface area contributed by atoms with Gasteiger partial charge in [0.15, 0.2) is 0 Å². The fraction of sp³-hybridized carbons (Fsp3) is 0.818. The van der Waals surface area contributed by atoms with Crippen LogP contribution >= 0.6 is 0 Å². The van der Waals surface area contributed by atoms with E-state index in [4.69, 9.17) is 5.26 Å². The summed E-state index contributed by atoms with van der Waals surface area (Å²) >= 11 is 0. The fourth-order valence-corrected chi connectivity index (χ4v) is 2.02. The van der Waals surface area contributed by atoms with Gasteiger partial charge in [-0.2, -0.15) is 5.26 Å². The van der Waals surface area contributed by atoms with Crippen LogP contribution in [0.2, 0.25) is 0 Å². The van der Waals surface area contributed by atoms with Crippen LogP contribution in [0.4, 0.5) is 0 Å². The highest BCUT2D eigenvalue weighted by Crippen LogP contribution is 2.15. The molecular weight excluding hydrogens is 190 g/mol. The summed E-state index contributed by atoms with van der Waals surface area (Å²) in [5.74, 6) is 0.692. The van der Waals surface area contributed by atoms with E-state index >= 15 is 0 Å². The Balaban J connectivity index is 2.26. The van der Waals surface area contributed by atoms with E-state index in [9.17, 15) is 4.79 Å². The van der Waals surface area contributed by atoms with Crippen LogP contribution in [0, 0.1) is 17.2 Å². The molecule has 0 aromatic carbocycles. The number of likely N-dealkylation sites (tertiary alicyclic amines) is 1. The van der Waals surface area contributed by atoms with E-state index in [-0.39, 0.29) is 5.91 Å². The van der Waals surface area contributed by atoms with Crippen molar-refractivity contribution < 1.29 is 4.79 Å². The molecule has 1 fully saturated rings. The molecule has 0 N–H and O–H groups in total. The third kappa shape index (κ3) is 3.88. The van der Waals surface area contributed by atoms with Crippen LogP contribution in [0.25, 0.3) is 0 Å². The summed E-state index contributed by atoms with van der Waals surface area (Å²) < 4.78 is 0. The summed E-state index contributed by atoms with van der Waals surface area (Å²) in [6, 6.07) is 2.00. The van der Waals surface area contributed by atoms with Crippen molar-refractivity contribution in [2.45, 2.75) is 19.3 Å². The molecule has 84 valence electrons. The minimum absolute atomic E-state index is 0.0890. The summed E-state index contributed by atoms with van der Waals surface area (Å²) in [5, 5.41) is 8.39. The number of hydrogen-bond donors (Lipinski definition) is 0. The Kier molecular flexibility index (Phi) is 4.57. The van der Waals surface area contributed by atoms with Gasteiger partial charge in [-0.1, -0.05) is 0 Å². The molecule has 0 saturated carbocycles. The molecule has 0 aromatic heterocycles. The van der Waals surface area contributed by atoms with Gasteiger partial charge in [-0.15, -0.1) is 0 Å². The second kappa shape index (κ2) is 5.72. The summed E-state index contributed by atoms with van der Waals surface area (Å²) in [7, 11) is 3.94. The molecule has 0 spiro atoms. The SMILES string of the molecule is CN1CCC(CN(C)C(=O)CCC#N)C1. The van der Waals surface area contributed by atoms with Gasteiger partial charge in [-0.05, 0) is 25.9 Å². The first kappa shape index (κ1) is 12.0. The maximum absolute atomic E-state index is 11.5. The lowest BCUT2D eigenvalue weighted by Crippen LogP contribution is -2.32. The molecule has 4 heteroatoms. The minimum Gasteiger partial charge on any atom is -0.345 e. The quantitative estimate of drug-likeness (QED) is 0.684. The van der Waals surface area contributed by atoms with Gasteiger partial charge in [0.25, 0.3) is 0 Å². The van der Waals surface area contributed by atoms with E-state index in [1.165, 1.54) is 6.42 Å². The Bertz CT molecular complexity index is 259. The Morgan fingerprint density at radius 2 is 2.40 bits per heavy atom. The molecule has 0 aromatic rings. The van der Waals surface area contributed by atoms with Crippen LogP contribution < -0.4 is 0 Å². The van der Waals surface area contributed by atoms with Crippen LogP contribution in [0.3, 0.4) is 0 Å². The smallest absolute Gasteiger partial charge is 0.223 e. The molecule has 0 radical (unpaired) electrons. The molecule has 0 aliphatic carbocycles. The monoisotopic (exact) mass is 209 g/mol. The first-order chi connectivity index (χ1) is 7.13. The van der Waals surface area contributed by atoms with E-state index in [0.29, 0.717) is 18.8 Å². The highest BCUT2D eigenvalue weighted by Gasteiger charge is 2.22. The van der Waals surface area contributed by atoms with Crippen molar-refractivity contribution >= 4 is 5.91 Å². The third-order valence-electron chi connectivity index (χ3n) is 2.90. The van der Waals surface area contributed by atoms with Gasteiger partial charge in [0, 0.05) is 33.0 Å². The van der Waals surface area contributed by atoms with Crippen molar-refractivity contribution in [1.29, 1.82) is 5.26 Å². The number of nitriles is 1. The average Bonchev–Trinajstić information content (AvgIpc) is 2.60. The average molecular weight is 209 g/mol. The van der Waals surface area contributed by atoms with Crippen molar-refractivity contribution in [1.82, 2.24) is 9.80 Å². The molecule has 1 rings (SSSR count). The standard InChI is InChI=1S/C11H19N3O/c1-13-7-5-10(8-13)9-14(2)11(15)4-3-6-12/h10H,3-5,7-9H2,1-2H3. The normalized spacial score (nSPS) is 21.3. The summed E-state index contributed by atoms with van der Waals surface area (Å²) in [6.07, 6.45) is 1.86. The van der Waals surface area contributed by atoms with Gasteiger partial charge in [-0.3, -0.25) is 4.79 Å². The maximum Gasteiger partial charge on any atom is 0.223 e. The Morgan fingerprint density at radius 1 is 1.67 bits per heavy atom. The number of carbonyl (C=O) groups is 1. The highest BCUT2D eigenvalue weighted by atomic mass is 16.2. The van der Waals surface area contributed by atoms with E-state index in [1.54, 1.807) is 4.90 Å². The number of hydrogen-bond acceptors (Lipinski definition) is 3. The number of nitrogens with zero attached hydrogens (tertiary/aromatic N) is 3. The third-order valence-corrected chi connectivity index (χ3v) is 2.90. The van der Waals surface area contributed by atoms with Crippen molar-refractivity contribution in [3.8, 4) is 6.07 Å². The minimum atomic E-state index is 0.0890. The van der Waals surface area contributed by atoms with Crippen molar-refractivity contribution in [2.24, 2.45) is 5.92 Å². The number of carbonyl (C=O) groups excluding carboxylic acids is 1. The topological polar surface area (TPSA) is 47.3 Å². The second-order valence-electron chi connectivity index (χ2n) is 4.35. The lowest BCUT2D eigenvalue weighted by Gasteiger charge is -2.20. The molecule has 1 unspecified atom stereocenters. The number of amides is 1. The predicted octanol–water partition coefficient (Wildman–Crippen LogP) is 0.700. The van der Waals surface area contributed by atoms with Crippen LogP contribution in [0.5, 0.6) is 0 Å². The van der Waals surface area contributed by atoms with Crippen LogP contribution in [0.15, 0.2) is 0 Å². The fourth-order valence-electron chi connectivity index (χ4n) is 2.02. The Morgan fingerprint density at radius 3 is 2.93 bits per heavy atom. The highest BCUT2D eigenvalue weighted by molar-refractivity contribution is 5.76. The van der Waals surface area contributed by atoms with Crippen LogP contribution in [0.1, 0.15) is 19.3 Å². The summed E-state index contributed by atoms with van der Waals surface area (Å²) in [4.78, 5) is 15.6. The van der Waals surface area contributed by atoms with E-state index in [2.05, 4.69) is 11.9 Å². The van der Waals surface area contributed by atoms with Crippen molar-refractivity contribution in [3.05, 3.63) is 0 Å². The Hall–Kier alpha value is -1.08. The van der Waals surface area contributed by atoms with Crippen molar-refractivity contribution in [2.75, 3.05) is 33.7 Å². The molecule has 1 aliphatic rings. The van der Waals surface area contributed by atoms with E-state index in [1.807, 2.05) is 13.1 Å². The van der Waals surface area contributed by atoms with Gasteiger partial charge < -0.3 is 9.80 Å². The van der Waals surface area contributed by atoms with Gasteiger partial charge >= 0.3 is 0 Å². The lowest BCUT2D eigenvalue weighted by atomic mass is 10.1. The first-order valence-corrected chi connectivity index (χ1v) is 5.43. The van der Waals surface area contributed by atoms with Crippen LogP contribution in [-0.4, -0.2) is 49.4 Å². The van der Waals surface area contributed by atoms with Gasteiger partial charge in [0.2, 0.25) is 5.91 Å². The second-order valence-corrected chi connectivity index (χ2v) is 4.35. The van der Waals surface area contributed by atoms with E-state index < -0.39 is 0 Å². The Labute approximate surface area is 91.5 Å². The predicted molar refractivity (Wildman–Crippen MR) is 58.1 cm³/mol. The van der Waals surface area contributed by atoms with Gasteiger partial charge in [-0.25, -0.2) is 0 Å². The lowest BCUT2D eigenvalue weighted by molar-refractivity contribution is -0.130. The summed E-state index contributed by atoms with van der Waals surface area (Å²) in [5.41, 5.74) is 0. The van der Waals surface area contributed by atoms with Gasteiger partial charge in [0.1, 0.15) is 0 Å². The van der Waals surface area contributed by atoms with Crippen LogP contribution in [-0.2, 0) is 4.79 Å².